The zero-order chi connectivity index (χ0) is 15.8. The van der Waals surface area contributed by atoms with Crippen LogP contribution in [0.15, 0.2) is 58.4 Å². The Kier molecular flexibility index (Phi) is 3.63. The summed E-state index contributed by atoms with van der Waals surface area (Å²) >= 11 is 4.95. The van der Waals surface area contributed by atoms with Gasteiger partial charge in [-0.05, 0) is 23.8 Å². The number of nitrogens with zero attached hydrogens (tertiary/aromatic N) is 2. The molecule has 4 rings (SSSR count). The molecule has 3 aromatic rings. The molecule has 0 spiro atoms. The van der Waals surface area contributed by atoms with Gasteiger partial charge in [0.15, 0.2) is 0 Å². The monoisotopic (exact) mass is 385 g/mol. The Morgan fingerprint density at radius 2 is 1.91 bits per heavy atom. The number of hydrogen-bond donors (Lipinski definition) is 1. The molecule has 0 radical (unpaired) electrons. The van der Waals surface area contributed by atoms with Crippen molar-refractivity contribution in [3.05, 3.63) is 69.5 Å². The van der Waals surface area contributed by atoms with Gasteiger partial charge >= 0.3 is 0 Å². The lowest BCUT2D eigenvalue weighted by Gasteiger charge is -2.28. The molecule has 1 N–H and O–H groups in total. The van der Waals surface area contributed by atoms with Crippen molar-refractivity contribution in [1.82, 2.24) is 10.4 Å². The first-order valence-corrected chi connectivity index (χ1v) is 8.76. The third kappa shape index (κ3) is 2.75. The summed E-state index contributed by atoms with van der Waals surface area (Å²) < 4.78 is 1.04. The summed E-state index contributed by atoms with van der Waals surface area (Å²) in [4.78, 5) is 16.9. The minimum atomic E-state index is -0.0905. The number of halogens is 1. The Labute approximate surface area is 145 Å². The smallest absolute Gasteiger partial charge is 0.267 e. The lowest BCUT2D eigenvalue weighted by Crippen LogP contribution is -2.46. The van der Waals surface area contributed by atoms with Crippen LogP contribution in [0.5, 0.6) is 0 Å². The number of carbonyl (C=O) groups excluding carboxylic acids is 1. The molecule has 0 fully saturated rings. The van der Waals surface area contributed by atoms with E-state index in [1.54, 1.807) is 5.01 Å². The minimum Gasteiger partial charge on any atom is -0.267 e. The molecular formula is C17H12BrN3OS. The largest absolute Gasteiger partial charge is 0.270 e. The average molecular weight is 386 g/mol. The molecule has 2 aromatic carbocycles. The molecule has 23 heavy (non-hydrogen) atoms. The van der Waals surface area contributed by atoms with Crippen molar-refractivity contribution >= 4 is 38.3 Å². The second-order valence-corrected chi connectivity index (χ2v) is 6.96. The average Bonchev–Trinajstić information content (AvgIpc) is 3.05. The molecule has 2 heterocycles. The molecule has 1 aliphatic rings. The molecule has 114 valence electrons. The van der Waals surface area contributed by atoms with Crippen molar-refractivity contribution in [1.29, 1.82) is 0 Å². The summed E-state index contributed by atoms with van der Waals surface area (Å²) in [5.74, 6) is -0.0905. The molecule has 4 nitrogen and oxygen atoms in total. The van der Waals surface area contributed by atoms with E-state index in [0.717, 1.165) is 32.0 Å². The van der Waals surface area contributed by atoms with E-state index in [4.69, 9.17) is 0 Å². The number of hydrogen-bond acceptors (Lipinski definition) is 4. The van der Waals surface area contributed by atoms with Crippen LogP contribution < -0.4 is 10.4 Å². The van der Waals surface area contributed by atoms with Gasteiger partial charge < -0.3 is 0 Å². The van der Waals surface area contributed by atoms with Crippen molar-refractivity contribution < 1.29 is 4.79 Å². The Bertz CT molecular complexity index is 876. The lowest BCUT2D eigenvalue weighted by atomic mass is 10.1. The minimum absolute atomic E-state index is 0.0905. The fourth-order valence-electron chi connectivity index (χ4n) is 2.53. The summed E-state index contributed by atoms with van der Waals surface area (Å²) in [7, 11) is 0. The molecule has 1 aliphatic heterocycles. The van der Waals surface area contributed by atoms with Crippen molar-refractivity contribution in [2.45, 2.75) is 6.54 Å². The molecule has 1 amide bonds. The van der Waals surface area contributed by atoms with Gasteiger partial charge in [0.05, 0.1) is 12.2 Å². The highest BCUT2D eigenvalue weighted by Gasteiger charge is 2.24. The highest BCUT2D eigenvalue weighted by molar-refractivity contribution is 9.10. The summed E-state index contributed by atoms with van der Waals surface area (Å²) in [6.07, 6.45) is 0. The normalized spacial score (nSPS) is 13.6. The molecule has 6 heteroatoms. The predicted molar refractivity (Wildman–Crippen MR) is 95.3 cm³/mol. The molecule has 0 atom stereocenters. The van der Waals surface area contributed by atoms with Gasteiger partial charge in [0.1, 0.15) is 0 Å². The molecule has 0 aliphatic carbocycles. The number of fused-ring (bicyclic) bond motifs is 1. The number of aromatic nitrogens is 1. The van der Waals surface area contributed by atoms with E-state index in [0.29, 0.717) is 6.54 Å². The maximum atomic E-state index is 12.2. The fourth-order valence-corrected chi connectivity index (χ4v) is 3.59. The zero-order valence-electron chi connectivity index (χ0n) is 12.0. The van der Waals surface area contributed by atoms with Crippen LogP contribution in [0.25, 0.3) is 11.3 Å². The number of benzene rings is 2. The van der Waals surface area contributed by atoms with Crippen molar-refractivity contribution in [2.75, 3.05) is 5.01 Å². The second-order valence-electron chi connectivity index (χ2n) is 5.21. The van der Waals surface area contributed by atoms with Crippen LogP contribution in [0, 0.1) is 0 Å². The Balaban J connectivity index is 1.63. The van der Waals surface area contributed by atoms with Gasteiger partial charge in [-0.2, -0.15) is 0 Å². The molecular weight excluding hydrogens is 374 g/mol. The van der Waals surface area contributed by atoms with E-state index in [9.17, 15) is 4.79 Å². The molecule has 1 aromatic heterocycles. The van der Waals surface area contributed by atoms with Crippen LogP contribution in [-0.4, -0.2) is 10.9 Å². The highest BCUT2D eigenvalue weighted by Crippen LogP contribution is 2.30. The van der Waals surface area contributed by atoms with E-state index < -0.39 is 0 Å². The van der Waals surface area contributed by atoms with Gasteiger partial charge in [0.25, 0.3) is 5.91 Å². The van der Waals surface area contributed by atoms with Gasteiger partial charge in [-0.3, -0.25) is 15.2 Å². The van der Waals surface area contributed by atoms with Crippen LogP contribution in [0.1, 0.15) is 15.9 Å². The van der Waals surface area contributed by atoms with Crippen LogP contribution >= 0.6 is 27.3 Å². The predicted octanol–water partition coefficient (Wildman–Crippen LogP) is 4.24. The standard InChI is InChI=1S/C17H12BrN3OS/c18-13-7-5-11(6-8-13)15-10-23-17(19-15)21-9-12-3-1-2-4-14(12)16(22)20-21/h1-8,10H,9H2,(H,20,22). The number of hydrazine groups is 1. The van der Waals surface area contributed by atoms with Crippen molar-refractivity contribution in [3.63, 3.8) is 0 Å². The third-order valence-corrected chi connectivity index (χ3v) is 5.08. The number of thiazole rings is 1. The number of rotatable bonds is 2. The number of anilines is 1. The second kappa shape index (κ2) is 5.79. The maximum absolute atomic E-state index is 12.2. The lowest BCUT2D eigenvalue weighted by molar-refractivity contribution is 0.0939. The zero-order valence-corrected chi connectivity index (χ0v) is 14.4. The first kappa shape index (κ1) is 14.4. The fraction of sp³-hybridized carbons (Fsp3) is 0.0588. The highest BCUT2D eigenvalue weighted by atomic mass is 79.9. The first-order chi connectivity index (χ1) is 11.2. The van der Waals surface area contributed by atoms with Crippen LogP contribution in [0.3, 0.4) is 0 Å². The summed E-state index contributed by atoms with van der Waals surface area (Å²) in [6.45, 7) is 0.620. The molecule has 0 saturated carbocycles. The van der Waals surface area contributed by atoms with E-state index >= 15 is 0 Å². The van der Waals surface area contributed by atoms with Gasteiger partial charge in [-0.15, -0.1) is 11.3 Å². The SMILES string of the molecule is O=C1NN(c2nc(-c3ccc(Br)cc3)cs2)Cc2ccccc21. The van der Waals surface area contributed by atoms with Gasteiger partial charge in [-0.25, -0.2) is 4.98 Å². The molecule has 0 unspecified atom stereocenters. The Morgan fingerprint density at radius 1 is 1.13 bits per heavy atom. The van der Waals surface area contributed by atoms with Gasteiger partial charge in [-0.1, -0.05) is 46.3 Å². The first-order valence-electron chi connectivity index (χ1n) is 7.08. The quantitative estimate of drug-likeness (QED) is 0.717. The summed E-state index contributed by atoms with van der Waals surface area (Å²) in [6, 6.07) is 15.7. The van der Waals surface area contributed by atoms with Crippen molar-refractivity contribution in [3.8, 4) is 11.3 Å². The van der Waals surface area contributed by atoms with E-state index in [1.165, 1.54) is 11.3 Å². The molecule has 0 saturated heterocycles. The van der Waals surface area contributed by atoms with Crippen LogP contribution in [0.4, 0.5) is 5.13 Å². The topological polar surface area (TPSA) is 45.2 Å². The Hall–Kier alpha value is -2.18. The Morgan fingerprint density at radius 3 is 2.74 bits per heavy atom. The van der Waals surface area contributed by atoms with Gasteiger partial charge in [0.2, 0.25) is 5.13 Å². The summed E-state index contributed by atoms with van der Waals surface area (Å²) in [5, 5.41) is 4.59. The van der Waals surface area contributed by atoms with Crippen LogP contribution in [-0.2, 0) is 6.54 Å². The number of nitrogens with one attached hydrogen (secondary N) is 1. The van der Waals surface area contributed by atoms with Gasteiger partial charge in [0, 0.05) is 21.0 Å². The van der Waals surface area contributed by atoms with Crippen molar-refractivity contribution in [2.24, 2.45) is 0 Å². The number of amides is 1. The van der Waals surface area contributed by atoms with E-state index in [1.807, 2.05) is 53.9 Å². The van der Waals surface area contributed by atoms with E-state index in [-0.39, 0.29) is 5.91 Å². The number of carbonyl (C=O) groups is 1. The van der Waals surface area contributed by atoms with E-state index in [2.05, 4.69) is 26.3 Å². The maximum Gasteiger partial charge on any atom is 0.270 e. The third-order valence-electron chi connectivity index (χ3n) is 3.69. The summed E-state index contributed by atoms with van der Waals surface area (Å²) in [5.41, 5.74) is 6.60. The van der Waals surface area contributed by atoms with Crippen LogP contribution in [0.2, 0.25) is 0 Å². The molecule has 0 bridgehead atoms.